The van der Waals surface area contributed by atoms with Gasteiger partial charge in [-0.1, -0.05) is 6.92 Å². The summed E-state index contributed by atoms with van der Waals surface area (Å²) in [5.74, 6) is 0.880. The van der Waals surface area contributed by atoms with E-state index in [4.69, 9.17) is 0 Å². The number of aliphatic hydroxyl groups excluding tert-OH is 1. The van der Waals surface area contributed by atoms with Crippen LogP contribution in [0.4, 0.5) is 5.13 Å². The summed E-state index contributed by atoms with van der Waals surface area (Å²) in [4.78, 5) is 6.87. The molecule has 0 bridgehead atoms. The number of anilines is 1. The molecule has 1 aliphatic rings. The Bertz CT molecular complexity index is 334. The van der Waals surface area contributed by atoms with Crippen LogP contribution >= 0.6 is 11.3 Å². The van der Waals surface area contributed by atoms with Gasteiger partial charge < -0.3 is 10.0 Å². The molecule has 90 valence electrons. The van der Waals surface area contributed by atoms with Crippen LogP contribution < -0.4 is 4.90 Å². The average Bonchev–Trinajstić information content (AvgIpc) is 2.92. The van der Waals surface area contributed by atoms with Crippen molar-refractivity contribution in [2.24, 2.45) is 5.92 Å². The van der Waals surface area contributed by atoms with Crippen LogP contribution in [0, 0.1) is 5.92 Å². The van der Waals surface area contributed by atoms with E-state index in [-0.39, 0.29) is 0 Å². The van der Waals surface area contributed by atoms with Gasteiger partial charge in [0.2, 0.25) is 0 Å². The largest absolute Gasteiger partial charge is 0.387 e. The normalized spacial score (nSPS) is 17.4. The molecule has 1 fully saturated rings. The third kappa shape index (κ3) is 2.95. The van der Waals surface area contributed by atoms with Gasteiger partial charge in [0.05, 0.1) is 11.8 Å². The predicted molar refractivity (Wildman–Crippen MR) is 68.0 cm³/mol. The molecular formula is C12H20N2OS. The Balaban J connectivity index is 2.03. The summed E-state index contributed by atoms with van der Waals surface area (Å²) in [6.07, 6.45) is 3.44. The second kappa shape index (κ2) is 5.15. The molecule has 4 heteroatoms. The molecule has 0 radical (unpaired) electrons. The van der Waals surface area contributed by atoms with Gasteiger partial charge in [-0.05, 0) is 32.1 Å². The van der Waals surface area contributed by atoms with E-state index < -0.39 is 6.10 Å². The molecule has 1 unspecified atom stereocenters. The Kier molecular flexibility index (Phi) is 3.82. The van der Waals surface area contributed by atoms with Crippen molar-refractivity contribution in [2.45, 2.75) is 39.2 Å². The molecule has 3 nitrogen and oxygen atoms in total. The monoisotopic (exact) mass is 240 g/mol. The van der Waals surface area contributed by atoms with Crippen LogP contribution in [0.1, 0.15) is 44.9 Å². The predicted octanol–water partition coefficient (Wildman–Crippen LogP) is 2.82. The lowest BCUT2D eigenvalue weighted by molar-refractivity contribution is 0.195. The zero-order valence-corrected chi connectivity index (χ0v) is 10.8. The summed E-state index contributed by atoms with van der Waals surface area (Å²) in [6, 6.07) is 0. The summed E-state index contributed by atoms with van der Waals surface area (Å²) >= 11 is 1.65. The Morgan fingerprint density at radius 2 is 2.38 bits per heavy atom. The smallest absolute Gasteiger partial charge is 0.185 e. The molecule has 0 amide bonds. The van der Waals surface area contributed by atoms with Crippen LogP contribution in [-0.4, -0.2) is 23.2 Å². The molecule has 1 aromatic heterocycles. The average molecular weight is 240 g/mol. The maximum atomic E-state index is 9.47. The molecule has 0 saturated heterocycles. The molecule has 16 heavy (non-hydrogen) atoms. The van der Waals surface area contributed by atoms with Gasteiger partial charge in [-0.15, -0.1) is 11.3 Å². The standard InChI is InChI=1S/C12H20N2OS/c1-3-6-14(7-10-4-5-10)12-13-11(8-16-12)9(2)15/h8-10,15H,3-7H2,1-2H3. The van der Waals surface area contributed by atoms with Gasteiger partial charge in [-0.25, -0.2) is 4.98 Å². The highest BCUT2D eigenvalue weighted by Gasteiger charge is 2.25. The van der Waals surface area contributed by atoms with Crippen molar-refractivity contribution in [1.82, 2.24) is 4.98 Å². The van der Waals surface area contributed by atoms with Crippen LogP contribution in [0.5, 0.6) is 0 Å². The number of nitrogens with zero attached hydrogens (tertiary/aromatic N) is 2. The fraction of sp³-hybridized carbons (Fsp3) is 0.750. The lowest BCUT2D eigenvalue weighted by Crippen LogP contribution is -2.26. The third-order valence-electron chi connectivity index (χ3n) is 2.88. The van der Waals surface area contributed by atoms with E-state index in [1.807, 2.05) is 5.38 Å². The Morgan fingerprint density at radius 1 is 1.62 bits per heavy atom. The first-order valence-corrected chi connectivity index (χ1v) is 6.97. The van der Waals surface area contributed by atoms with Crippen LogP contribution in [-0.2, 0) is 0 Å². The van der Waals surface area contributed by atoms with Gasteiger partial charge in [0.1, 0.15) is 0 Å². The van der Waals surface area contributed by atoms with E-state index in [0.717, 1.165) is 36.3 Å². The molecule has 1 aromatic rings. The molecule has 1 atom stereocenters. The SMILES string of the molecule is CCCN(CC1CC1)c1nc(C(C)O)cs1. The third-order valence-corrected chi connectivity index (χ3v) is 3.80. The highest BCUT2D eigenvalue weighted by Crippen LogP contribution is 2.33. The van der Waals surface area contributed by atoms with Gasteiger partial charge in [0.25, 0.3) is 0 Å². The quantitative estimate of drug-likeness (QED) is 0.830. The van der Waals surface area contributed by atoms with Gasteiger partial charge in [0, 0.05) is 18.5 Å². The van der Waals surface area contributed by atoms with E-state index in [1.165, 1.54) is 12.8 Å². The topological polar surface area (TPSA) is 36.4 Å². The Hall–Kier alpha value is -0.610. The van der Waals surface area contributed by atoms with Crippen LogP contribution in [0.3, 0.4) is 0 Å². The minimum Gasteiger partial charge on any atom is -0.387 e. The van der Waals surface area contributed by atoms with E-state index in [2.05, 4.69) is 16.8 Å². The number of hydrogen-bond donors (Lipinski definition) is 1. The summed E-state index contributed by atoms with van der Waals surface area (Å²) in [6.45, 7) is 6.18. The maximum absolute atomic E-state index is 9.47. The first kappa shape index (κ1) is 11.9. The van der Waals surface area contributed by atoms with E-state index in [1.54, 1.807) is 18.3 Å². The van der Waals surface area contributed by atoms with Gasteiger partial charge in [-0.3, -0.25) is 0 Å². The van der Waals surface area contributed by atoms with E-state index in [0.29, 0.717) is 0 Å². The highest BCUT2D eigenvalue weighted by atomic mass is 32.1. The Morgan fingerprint density at radius 3 is 2.88 bits per heavy atom. The summed E-state index contributed by atoms with van der Waals surface area (Å²) < 4.78 is 0. The van der Waals surface area contributed by atoms with Crippen molar-refractivity contribution in [1.29, 1.82) is 0 Å². The van der Waals surface area contributed by atoms with Crippen molar-refractivity contribution in [3.63, 3.8) is 0 Å². The number of thiazole rings is 1. The summed E-state index contributed by atoms with van der Waals surface area (Å²) in [5, 5.41) is 12.5. The second-order valence-electron chi connectivity index (χ2n) is 4.62. The van der Waals surface area contributed by atoms with Crippen molar-refractivity contribution >= 4 is 16.5 Å². The molecule has 0 aromatic carbocycles. The fourth-order valence-corrected chi connectivity index (χ4v) is 2.71. The van der Waals surface area contributed by atoms with Crippen LogP contribution in [0.25, 0.3) is 0 Å². The first-order chi connectivity index (χ1) is 7.70. The molecular weight excluding hydrogens is 220 g/mol. The minimum atomic E-state index is -0.450. The lowest BCUT2D eigenvalue weighted by atomic mass is 10.3. The zero-order valence-electron chi connectivity index (χ0n) is 10.0. The maximum Gasteiger partial charge on any atom is 0.185 e. The first-order valence-electron chi connectivity index (χ1n) is 6.09. The van der Waals surface area contributed by atoms with Gasteiger partial charge in [-0.2, -0.15) is 0 Å². The second-order valence-corrected chi connectivity index (χ2v) is 5.46. The van der Waals surface area contributed by atoms with Crippen molar-refractivity contribution in [3.8, 4) is 0 Å². The summed E-state index contributed by atoms with van der Waals surface area (Å²) in [7, 11) is 0. The highest BCUT2D eigenvalue weighted by molar-refractivity contribution is 7.13. The molecule has 2 rings (SSSR count). The van der Waals surface area contributed by atoms with Crippen molar-refractivity contribution in [3.05, 3.63) is 11.1 Å². The fourth-order valence-electron chi connectivity index (χ4n) is 1.76. The van der Waals surface area contributed by atoms with Gasteiger partial charge in [0.15, 0.2) is 5.13 Å². The molecule has 1 heterocycles. The van der Waals surface area contributed by atoms with Gasteiger partial charge >= 0.3 is 0 Å². The molecule has 1 saturated carbocycles. The van der Waals surface area contributed by atoms with E-state index >= 15 is 0 Å². The molecule has 0 aliphatic heterocycles. The van der Waals surface area contributed by atoms with Crippen LogP contribution in [0.2, 0.25) is 0 Å². The van der Waals surface area contributed by atoms with Crippen molar-refractivity contribution < 1.29 is 5.11 Å². The lowest BCUT2D eigenvalue weighted by Gasteiger charge is -2.20. The number of rotatable bonds is 6. The number of hydrogen-bond acceptors (Lipinski definition) is 4. The van der Waals surface area contributed by atoms with Crippen molar-refractivity contribution in [2.75, 3.05) is 18.0 Å². The number of aliphatic hydroxyl groups is 1. The van der Waals surface area contributed by atoms with E-state index in [9.17, 15) is 5.11 Å². The summed E-state index contributed by atoms with van der Waals surface area (Å²) in [5.41, 5.74) is 0.803. The zero-order chi connectivity index (χ0) is 11.5. The number of aromatic nitrogens is 1. The minimum absolute atomic E-state index is 0.450. The Labute approximate surface area is 101 Å². The van der Waals surface area contributed by atoms with Crippen LogP contribution in [0.15, 0.2) is 5.38 Å². The molecule has 0 spiro atoms. The molecule has 1 aliphatic carbocycles. The molecule has 1 N–H and O–H groups in total.